The zero-order valence-corrected chi connectivity index (χ0v) is 12.0. The summed E-state index contributed by atoms with van der Waals surface area (Å²) in [5.74, 6) is -0.862. The molecule has 110 valence electrons. The molecule has 0 spiro atoms. The third-order valence-electron chi connectivity index (χ3n) is 3.42. The van der Waals surface area contributed by atoms with Gasteiger partial charge in [0.05, 0.1) is 6.54 Å². The van der Waals surface area contributed by atoms with Crippen molar-refractivity contribution in [1.29, 1.82) is 0 Å². The summed E-state index contributed by atoms with van der Waals surface area (Å²) < 4.78 is 1.56. The van der Waals surface area contributed by atoms with Gasteiger partial charge in [0.25, 0.3) is 0 Å². The Kier molecular flexibility index (Phi) is 4.47. The van der Waals surface area contributed by atoms with Gasteiger partial charge in [-0.3, -0.25) is 14.3 Å². The first kappa shape index (κ1) is 14.9. The summed E-state index contributed by atoms with van der Waals surface area (Å²) in [5, 5.41) is 8.82. The lowest BCUT2D eigenvalue weighted by molar-refractivity contribution is -0.136. The standard InChI is InChI=1S/C15H17N3O3/c1-10-13(5-6-14(19)20)11(2)18(15(21)17-10)9-12-4-3-7-16-8-12/h3-4,7-8H,5-6,9H2,1-2H3,(H,19,20). The molecule has 0 aromatic carbocycles. The van der Waals surface area contributed by atoms with Crippen LogP contribution in [0.15, 0.2) is 29.3 Å². The molecule has 0 aliphatic carbocycles. The van der Waals surface area contributed by atoms with E-state index in [1.54, 1.807) is 23.9 Å². The molecule has 2 rings (SSSR count). The Morgan fingerprint density at radius 3 is 2.76 bits per heavy atom. The largest absolute Gasteiger partial charge is 0.481 e. The predicted molar refractivity (Wildman–Crippen MR) is 77.3 cm³/mol. The molecule has 0 radical (unpaired) electrons. The van der Waals surface area contributed by atoms with Gasteiger partial charge in [0.2, 0.25) is 0 Å². The quantitative estimate of drug-likeness (QED) is 0.896. The average Bonchev–Trinajstić information content (AvgIpc) is 2.44. The van der Waals surface area contributed by atoms with Gasteiger partial charge in [-0.25, -0.2) is 4.79 Å². The molecule has 6 heteroatoms. The zero-order chi connectivity index (χ0) is 15.4. The van der Waals surface area contributed by atoms with Crippen LogP contribution in [0, 0.1) is 13.8 Å². The van der Waals surface area contributed by atoms with Crippen LogP contribution in [-0.4, -0.2) is 25.6 Å². The highest BCUT2D eigenvalue weighted by Gasteiger charge is 2.13. The number of nitrogens with zero attached hydrogens (tertiary/aromatic N) is 3. The Labute approximate surface area is 122 Å². The van der Waals surface area contributed by atoms with Gasteiger partial charge in [-0.2, -0.15) is 4.98 Å². The van der Waals surface area contributed by atoms with Crippen LogP contribution < -0.4 is 5.69 Å². The number of carbonyl (C=O) groups is 1. The molecule has 6 nitrogen and oxygen atoms in total. The van der Waals surface area contributed by atoms with E-state index >= 15 is 0 Å². The van der Waals surface area contributed by atoms with Gasteiger partial charge in [0.15, 0.2) is 0 Å². The fourth-order valence-corrected chi connectivity index (χ4v) is 2.29. The maximum Gasteiger partial charge on any atom is 0.348 e. The van der Waals surface area contributed by atoms with Crippen molar-refractivity contribution in [3.8, 4) is 0 Å². The van der Waals surface area contributed by atoms with Gasteiger partial charge in [0, 0.05) is 30.2 Å². The van der Waals surface area contributed by atoms with E-state index in [-0.39, 0.29) is 12.1 Å². The molecule has 21 heavy (non-hydrogen) atoms. The highest BCUT2D eigenvalue weighted by atomic mass is 16.4. The van der Waals surface area contributed by atoms with Crippen LogP contribution in [0.4, 0.5) is 0 Å². The van der Waals surface area contributed by atoms with Gasteiger partial charge in [0.1, 0.15) is 0 Å². The second kappa shape index (κ2) is 6.30. The van der Waals surface area contributed by atoms with Crippen molar-refractivity contribution >= 4 is 5.97 Å². The lowest BCUT2D eigenvalue weighted by Gasteiger charge is -2.15. The van der Waals surface area contributed by atoms with Crippen molar-refractivity contribution in [1.82, 2.24) is 14.5 Å². The molecule has 0 unspecified atom stereocenters. The maximum absolute atomic E-state index is 12.1. The number of carboxylic acids is 1. The van der Waals surface area contributed by atoms with Crippen molar-refractivity contribution in [2.75, 3.05) is 0 Å². The molecule has 0 fully saturated rings. The van der Waals surface area contributed by atoms with Crippen LogP contribution in [-0.2, 0) is 17.8 Å². The zero-order valence-electron chi connectivity index (χ0n) is 12.0. The van der Waals surface area contributed by atoms with Crippen LogP contribution in [0.5, 0.6) is 0 Å². The van der Waals surface area contributed by atoms with E-state index in [2.05, 4.69) is 9.97 Å². The van der Waals surface area contributed by atoms with E-state index in [0.717, 1.165) is 16.8 Å². The summed E-state index contributed by atoms with van der Waals surface area (Å²) in [7, 11) is 0. The highest BCUT2D eigenvalue weighted by Crippen LogP contribution is 2.13. The molecule has 0 aliphatic rings. The summed E-state index contributed by atoms with van der Waals surface area (Å²) in [4.78, 5) is 30.8. The van der Waals surface area contributed by atoms with Crippen molar-refractivity contribution < 1.29 is 9.90 Å². The van der Waals surface area contributed by atoms with Gasteiger partial charge >= 0.3 is 11.7 Å². The average molecular weight is 287 g/mol. The summed E-state index contributed by atoms with van der Waals surface area (Å²) in [6.45, 7) is 3.94. The molecule has 2 heterocycles. The summed E-state index contributed by atoms with van der Waals surface area (Å²) in [6.07, 6.45) is 3.76. The minimum absolute atomic E-state index is 0.0223. The molecule has 2 aromatic heterocycles. The van der Waals surface area contributed by atoms with E-state index in [4.69, 9.17) is 5.11 Å². The highest BCUT2D eigenvalue weighted by molar-refractivity contribution is 5.67. The third kappa shape index (κ3) is 3.53. The topological polar surface area (TPSA) is 85.1 Å². The summed E-state index contributed by atoms with van der Waals surface area (Å²) >= 11 is 0. The third-order valence-corrected chi connectivity index (χ3v) is 3.42. The Balaban J connectivity index is 2.39. The number of aromatic nitrogens is 3. The van der Waals surface area contributed by atoms with Gasteiger partial charge in [-0.1, -0.05) is 6.07 Å². The van der Waals surface area contributed by atoms with Crippen LogP contribution in [0.1, 0.15) is 28.9 Å². The normalized spacial score (nSPS) is 10.6. The molecular weight excluding hydrogens is 270 g/mol. The molecule has 0 atom stereocenters. The number of hydrogen-bond acceptors (Lipinski definition) is 4. The molecule has 1 N–H and O–H groups in total. The smallest absolute Gasteiger partial charge is 0.348 e. The van der Waals surface area contributed by atoms with Crippen molar-refractivity contribution in [2.24, 2.45) is 0 Å². The monoisotopic (exact) mass is 287 g/mol. The first-order chi connectivity index (χ1) is 9.99. The number of aryl methyl sites for hydroxylation is 1. The Bertz CT molecular complexity index is 708. The van der Waals surface area contributed by atoms with Gasteiger partial charge < -0.3 is 5.11 Å². The second-order valence-electron chi connectivity index (χ2n) is 4.88. The number of rotatable bonds is 5. The Hall–Kier alpha value is -2.50. The summed E-state index contributed by atoms with van der Waals surface area (Å²) in [6, 6.07) is 3.69. The number of pyridine rings is 1. The number of carboxylic acid groups (broad SMARTS) is 1. The van der Waals surface area contributed by atoms with Crippen LogP contribution >= 0.6 is 0 Å². The van der Waals surface area contributed by atoms with Crippen molar-refractivity contribution in [2.45, 2.75) is 33.2 Å². The van der Waals surface area contributed by atoms with Crippen LogP contribution in [0.3, 0.4) is 0 Å². The molecule has 0 amide bonds. The van der Waals surface area contributed by atoms with E-state index in [1.165, 1.54) is 0 Å². The molecule has 0 saturated heterocycles. The van der Waals surface area contributed by atoms with Crippen LogP contribution in [0.25, 0.3) is 0 Å². The Morgan fingerprint density at radius 1 is 1.38 bits per heavy atom. The molecule has 0 bridgehead atoms. The van der Waals surface area contributed by atoms with Gasteiger partial charge in [-0.05, 0) is 37.5 Å². The number of hydrogen-bond donors (Lipinski definition) is 1. The second-order valence-corrected chi connectivity index (χ2v) is 4.88. The van der Waals surface area contributed by atoms with E-state index in [1.807, 2.05) is 19.1 Å². The van der Waals surface area contributed by atoms with Crippen LogP contribution in [0.2, 0.25) is 0 Å². The minimum Gasteiger partial charge on any atom is -0.481 e. The number of aliphatic carboxylic acids is 1. The SMILES string of the molecule is Cc1nc(=O)n(Cc2cccnc2)c(C)c1CCC(=O)O. The summed E-state index contributed by atoms with van der Waals surface area (Å²) in [5.41, 5.74) is 2.75. The van der Waals surface area contributed by atoms with E-state index in [9.17, 15) is 9.59 Å². The minimum atomic E-state index is -0.862. The lowest BCUT2D eigenvalue weighted by Crippen LogP contribution is -2.28. The maximum atomic E-state index is 12.1. The first-order valence-electron chi connectivity index (χ1n) is 6.66. The lowest BCUT2D eigenvalue weighted by atomic mass is 10.1. The molecule has 2 aromatic rings. The Morgan fingerprint density at radius 2 is 2.14 bits per heavy atom. The fraction of sp³-hybridized carbons (Fsp3) is 0.333. The molecule has 0 saturated carbocycles. The molecular formula is C15H17N3O3. The van der Waals surface area contributed by atoms with E-state index < -0.39 is 5.97 Å². The van der Waals surface area contributed by atoms with Crippen molar-refractivity contribution in [3.63, 3.8) is 0 Å². The van der Waals surface area contributed by atoms with E-state index in [0.29, 0.717) is 18.7 Å². The molecule has 0 aliphatic heterocycles. The van der Waals surface area contributed by atoms with Gasteiger partial charge in [-0.15, -0.1) is 0 Å². The van der Waals surface area contributed by atoms with Crippen molar-refractivity contribution in [3.05, 3.63) is 57.5 Å². The fourth-order valence-electron chi connectivity index (χ4n) is 2.29. The first-order valence-corrected chi connectivity index (χ1v) is 6.66. The predicted octanol–water partition coefficient (Wildman–Crippen LogP) is 1.32.